The van der Waals surface area contributed by atoms with Crippen LogP contribution in [0.4, 0.5) is 0 Å². The van der Waals surface area contributed by atoms with Crippen LogP contribution in [0.15, 0.2) is 12.4 Å². The van der Waals surface area contributed by atoms with Gasteiger partial charge in [-0.05, 0) is 19.0 Å². The van der Waals surface area contributed by atoms with Gasteiger partial charge in [0.2, 0.25) is 0 Å². The molecule has 0 atom stereocenters. The van der Waals surface area contributed by atoms with Crippen LogP contribution in [0.25, 0.3) is 0 Å². The molecule has 16 heavy (non-hydrogen) atoms. The van der Waals surface area contributed by atoms with Crippen LogP contribution in [0.5, 0.6) is 0 Å². The summed E-state index contributed by atoms with van der Waals surface area (Å²) in [4.78, 5) is 2.28. The summed E-state index contributed by atoms with van der Waals surface area (Å²) in [5.41, 5.74) is 7.13. The number of aromatic nitrogens is 2. The Kier molecular flexibility index (Phi) is 6.00. The lowest BCUT2D eigenvalue weighted by Gasteiger charge is -2.28. The molecule has 4 nitrogen and oxygen atoms in total. The summed E-state index contributed by atoms with van der Waals surface area (Å²) in [6, 6.07) is 0. The number of halogens is 1. The van der Waals surface area contributed by atoms with Gasteiger partial charge >= 0.3 is 0 Å². The zero-order chi connectivity index (χ0) is 11.5. The van der Waals surface area contributed by atoms with Crippen molar-refractivity contribution in [3.8, 4) is 0 Å². The van der Waals surface area contributed by atoms with Gasteiger partial charge in [-0.15, -0.1) is 12.4 Å². The highest BCUT2D eigenvalue weighted by atomic mass is 35.5. The van der Waals surface area contributed by atoms with Crippen LogP contribution in [0.3, 0.4) is 0 Å². The average Bonchev–Trinajstić information content (AvgIpc) is 2.50. The van der Waals surface area contributed by atoms with Crippen molar-refractivity contribution in [1.29, 1.82) is 0 Å². The van der Waals surface area contributed by atoms with Crippen LogP contribution in [0, 0.1) is 5.41 Å². The van der Waals surface area contributed by atoms with Gasteiger partial charge in [0.1, 0.15) is 0 Å². The zero-order valence-corrected chi connectivity index (χ0v) is 11.4. The van der Waals surface area contributed by atoms with Crippen LogP contribution in [0.2, 0.25) is 0 Å². The molecule has 2 N–H and O–H groups in total. The van der Waals surface area contributed by atoms with Crippen molar-refractivity contribution in [3.05, 3.63) is 18.0 Å². The molecule has 1 aromatic rings. The fourth-order valence-electron chi connectivity index (χ4n) is 1.72. The molecule has 0 aliphatic carbocycles. The smallest absolute Gasteiger partial charge is 0.0534 e. The molecule has 0 aliphatic heterocycles. The van der Waals surface area contributed by atoms with E-state index < -0.39 is 0 Å². The first-order valence-electron chi connectivity index (χ1n) is 5.29. The third kappa shape index (κ3) is 4.96. The van der Waals surface area contributed by atoms with Gasteiger partial charge in [0.25, 0.3) is 0 Å². The molecule has 5 heteroatoms. The molecule has 1 aromatic heterocycles. The minimum absolute atomic E-state index is 0. The molecule has 1 heterocycles. The first-order chi connectivity index (χ1) is 6.93. The van der Waals surface area contributed by atoms with E-state index >= 15 is 0 Å². The molecule has 0 amide bonds. The van der Waals surface area contributed by atoms with Crippen LogP contribution in [-0.2, 0) is 13.6 Å². The van der Waals surface area contributed by atoms with Crippen LogP contribution < -0.4 is 5.73 Å². The molecule has 0 unspecified atom stereocenters. The SMILES string of the molecule is CN(Cc1cnn(C)c1)CC(C)(C)CN.Cl. The lowest BCUT2D eigenvalue weighted by atomic mass is 9.93. The molecular weight excluding hydrogens is 224 g/mol. The van der Waals surface area contributed by atoms with Gasteiger partial charge in [-0.25, -0.2) is 0 Å². The van der Waals surface area contributed by atoms with E-state index in [1.807, 2.05) is 24.1 Å². The number of nitrogens with two attached hydrogens (primary N) is 1. The Morgan fingerprint density at radius 3 is 2.56 bits per heavy atom. The van der Waals surface area contributed by atoms with E-state index in [9.17, 15) is 0 Å². The highest BCUT2D eigenvalue weighted by Crippen LogP contribution is 2.15. The maximum atomic E-state index is 5.71. The monoisotopic (exact) mass is 246 g/mol. The highest BCUT2D eigenvalue weighted by molar-refractivity contribution is 5.85. The largest absolute Gasteiger partial charge is 0.330 e. The Morgan fingerprint density at radius 1 is 1.50 bits per heavy atom. The van der Waals surface area contributed by atoms with Crippen molar-refractivity contribution in [1.82, 2.24) is 14.7 Å². The molecule has 0 aliphatic rings. The predicted octanol–water partition coefficient (Wildman–Crippen LogP) is 1.26. The van der Waals surface area contributed by atoms with E-state index in [-0.39, 0.29) is 17.8 Å². The first-order valence-corrected chi connectivity index (χ1v) is 5.29. The number of nitrogens with zero attached hydrogens (tertiary/aromatic N) is 3. The second-order valence-corrected chi connectivity index (χ2v) is 5.06. The molecule has 94 valence electrons. The summed E-state index contributed by atoms with van der Waals surface area (Å²) in [6.07, 6.45) is 3.96. The number of hydrogen-bond acceptors (Lipinski definition) is 3. The lowest BCUT2D eigenvalue weighted by Crippen LogP contribution is -2.36. The molecule has 0 radical (unpaired) electrons. The van der Waals surface area contributed by atoms with E-state index in [1.165, 1.54) is 5.56 Å². The molecule has 0 fully saturated rings. The third-order valence-electron chi connectivity index (χ3n) is 2.46. The quantitative estimate of drug-likeness (QED) is 0.851. The lowest BCUT2D eigenvalue weighted by molar-refractivity contribution is 0.210. The fraction of sp³-hybridized carbons (Fsp3) is 0.727. The van der Waals surface area contributed by atoms with Crippen molar-refractivity contribution in [2.75, 3.05) is 20.1 Å². The minimum atomic E-state index is 0. The molecule has 0 saturated heterocycles. The summed E-state index contributed by atoms with van der Waals surface area (Å²) < 4.78 is 1.83. The van der Waals surface area contributed by atoms with E-state index in [2.05, 4.69) is 30.9 Å². The van der Waals surface area contributed by atoms with Crippen molar-refractivity contribution >= 4 is 12.4 Å². The maximum absolute atomic E-state index is 5.71. The molecule has 1 rings (SSSR count). The molecular formula is C11H23ClN4. The maximum Gasteiger partial charge on any atom is 0.0534 e. The number of aryl methyl sites for hydroxylation is 1. The molecule has 0 saturated carbocycles. The summed E-state index contributed by atoms with van der Waals surface area (Å²) >= 11 is 0. The Bertz CT molecular complexity index is 309. The standard InChI is InChI=1S/C11H22N4.ClH/c1-11(2,8-12)9-14(3)6-10-5-13-15(4)7-10;/h5,7H,6,8-9,12H2,1-4H3;1H. The van der Waals surface area contributed by atoms with Gasteiger partial charge in [0.05, 0.1) is 6.20 Å². The van der Waals surface area contributed by atoms with Gasteiger partial charge in [-0.2, -0.15) is 5.10 Å². The first kappa shape index (κ1) is 15.4. The summed E-state index contributed by atoms with van der Waals surface area (Å²) in [5.74, 6) is 0. The third-order valence-corrected chi connectivity index (χ3v) is 2.46. The summed E-state index contributed by atoms with van der Waals surface area (Å²) in [6.45, 7) is 7.01. The van der Waals surface area contributed by atoms with E-state index in [4.69, 9.17) is 5.73 Å². The van der Waals surface area contributed by atoms with Crippen molar-refractivity contribution in [3.63, 3.8) is 0 Å². The van der Waals surface area contributed by atoms with Crippen molar-refractivity contribution in [2.45, 2.75) is 20.4 Å². The zero-order valence-electron chi connectivity index (χ0n) is 10.6. The second-order valence-electron chi connectivity index (χ2n) is 5.06. The Labute approximate surface area is 104 Å². The Balaban J connectivity index is 0.00000225. The van der Waals surface area contributed by atoms with E-state index in [0.29, 0.717) is 6.54 Å². The average molecular weight is 247 g/mol. The van der Waals surface area contributed by atoms with Gasteiger partial charge in [0, 0.05) is 31.9 Å². The van der Waals surface area contributed by atoms with Gasteiger partial charge in [-0.1, -0.05) is 13.8 Å². The van der Waals surface area contributed by atoms with Crippen molar-refractivity contribution in [2.24, 2.45) is 18.2 Å². The van der Waals surface area contributed by atoms with Crippen LogP contribution >= 0.6 is 12.4 Å². The molecule has 0 bridgehead atoms. The summed E-state index contributed by atoms with van der Waals surface area (Å²) in [7, 11) is 4.05. The molecule has 0 spiro atoms. The Morgan fingerprint density at radius 2 is 2.12 bits per heavy atom. The molecule has 0 aromatic carbocycles. The van der Waals surface area contributed by atoms with E-state index in [0.717, 1.165) is 13.1 Å². The number of rotatable bonds is 5. The van der Waals surface area contributed by atoms with Gasteiger partial charge < -0.3 is 10.6 Å². The van der Waals surface area contributed by atoms with Crippen molar-refractivity contribution < 1.29 is 0 Å². The van der Waals surface area contributed by atoms with E-state index in [1.54, 1.807) is 0 Å². The second kappa shape index (κ2) is 6.23. The highest BCUT2D eigenvalue weighted by Gasteiger charge is 2.18. The topological polar surface area (TPSA) is 47.1 Å². The number of hydrogen-bond donors (Lipinski definition) is 1. The Hall–Kier alpha value is -0.580. The van der Waals surface area contributed by atoms with Gasteiger partial charge in [-0.3, -0.25) is 4.68 Å². The van der Waals surface area contributed by atoms with Crippen LogP contribution in [0.1, 0.15) is 19.4 Å². The van der Waals surface area contributed by atoms with Gasteiger partial charge in [0.15, 0.2) is 0 Å². The fourth-order valence-corrected chi connectivity index (χ4v) is 1.72. The minimum Gasteiger partial charge on any atom is -0.330 e. The van der Waals surface area contributed by atoms with Crippen LogP contribution in [-0.4, -0.2) is 34.8 Å². The predicted molar refractivity (Wildman–Crippen MR) is 69.6 cm³/mol. The summed E-state index contributed by atoms with van der Waals surface area (Å²) in [5, 5.41) is 4.15. The normalized spacial score (nSPS) is 11.6.